The number of amides is 2. The van der Waals surface area contributed by atoms with E-state index in [2.05, 4.69) is 4.90 Å². The van der Waals surface area contributed by atoms with Crippen LogP contribution in [0, 0.1) is 36.2 Å². The molecule has 5 nitrogen and oxygen atoms in total. The Kier molecular flexibility index (Phi) is 6.18. The Bertz CT molecular complexity index is 1070. The predicted octanol–water partition coefficient (Wildman–Crippen LogP) is 3.69. The molecule has 3 unspecified atom stereocenters. The molecule has 2 aromatic carbocycles. The molecular weight excluding hydrogens is 443 g/mol. The van der Waals surface area contributed by atoms with Gasteiger partial charge in [-0.05, 0) is 48.1 Å². The van der Waals surface area contributed by atoms with Crippen molar-refractivity contribution < 1.29 is 22.8 Å². The summed E-state index contributed by atoms with van der Waals surface area (Å²) < 4.78 is 40.8. The average molecular weight is 466 g/mol. The van der Waals surface area contributed by atoms with Crippen LogP contribution in [0.25, 0.3) is 0 Å². The van der Waals surface area contributed by atoms with Crippen LogP contribution in [0.3, 0.4) is 0 Å². The molecule has 0 aliphatic carbocycles. The van der Waals surface area contributed by atoms with Crippen LogP contribution in [0.2, 0.25) is 5.02 Å². The van der Waals surface area contributed by atoms with Crippen LogP contribution >= 0.6 is 11.6 Å². The van der Waals surface area contributed by atoms with Crippen molar-refractivity contribution >= 4 is 23.4 Å². The van der Waals surface area contributed by atoms with Gasteiger partial charge in [0, 0.05) is 43.7 Å². The number of hydrogen-bond acceptors (Lipinski definition) is 3. The van der Waals surface area contributed by atoms with E-state index in [1.54, 1.807) is 0 Å². The number of benzene rings is 2. The van der Waals surface area contributed by atoms with Crippen molar-refractivity contribution in [3.63, 3.8) is 0 Å². The number of rotatable bonds is 5. The number of halogens is 4. The fraction of sp³-hybridized carbons (Fsp3) is 0.391. The molecule has 9 heteroatoms. The lowest BCUT2D eigenvalue weighted by Gasteiger charge is -2.29. The van der Waals surface area contributed by atoms with Crippen LogP contribution in [0.1, 0.15) is 33.9 Å². The molecule has 2 saturated heterocycles. The molecule has 0 saturated carbocycles. The van der Waals surface area contributed by atoms with Gasteiger partial charge in [0.25, 0.3) is 5.91 Å². The SMILES string of the molecule is Cc1ccc(C(CC(N)=O)N2CC3CN(C(=O)c4ccc(F)c(F)c4F)CC3C2)cc1Cl. The normalized spacial score (nSPS) is 21.6. The first-order chi connectivity index (χ1) is 15.2. The second-order valence-corrected chi connectivity index (χ2v) is 9.01. The first-order valence-electron chi connectivity index (χ1n) is 10.4. The number of carbonyl (C=O) groups is 2. The van der Waals surface area contributed by atoms with Crippen molar-refractivity contribution in [1.29, 1.82) is 0 Å². The minimum atomic E-state index is -1.65. The smallest absolute Gasteiger partial charge is 0.256 e. The molecule has 0 aromatic heterocycles. The molecule has 32 heavy (non-hydrogen) atoms. The summed E-state index contributed by atoms with van der Waals surface area (Å²) in [5.74, 6) is -5.29. The van der Waals surface area contributed by atoms with Crippen LogP contribution in [-0.4, -0.2) is 47.8 Å². The third-order valence-electron chi connectivity index (χ3n) is 6.48. The van der Waals surface area contributed by atoms with Gasteiger partial charge in [-0.3, -0.25) is 14.5 Å². The summed E-state index contributed by atoms with van der Waals surface area (Å²) in [6.45, 7) is 3.89. The summed E-state index contributed by atoms with van der Waals surface area (Å²) in [5.41, 5.74) is 6.86. The van der Waals surface area contributed by atoms with Crippen molar-refractivity contribution in [2.45, 2.75) is 19.4 Å². The number of nitrogens with two attached hydrogens (primary N) is 1. The lowest BCUT2D eigenvalue weighted by molar-refractivity contribution is -0.119. The van der Waals surface area contributed by atoms with Crippen molar-refractivity contribution in [1.82, 2.24) is 9.80 Å². The summed E-state index contributed by atoms with van der Waals surface area (Å²) in [6.07, 6.45) is 0.140. The van der Waals surface area contributed by atoms with Gasteiger partial charge in [0.05, 0.1) is 5.56 Å². The van der Waals surface area contributed by atoms with Crippen molar-refractivity contribution in [3.8, 4) is 0 Å². The molecule has 2 aromatic rings. The summed E-state index contributed by atoms with van der Waals surface area (Å²) in [7, 11) is 0. The molecule has 2 heterocycles. The maximum Gasteiger partial charge on any atom is 0.256 e. The fourth-order valence-corrected chi connectivity index (χ4v) is 4.96. The van der Waals surface area contributed by atoms with Gasteiger partial charge in [-0.15, -0.1) is 0 Å². The van der Waals surface area contributed by atoms with E-state index in [1.165, 1.54) is 4.90 Å². The minimum Gasteiger partial charge on any atom is -0.370 e. The zero-order valence-electron chi connectivity index (χ0n) is 17.5. The molecule has 2 N–H and O–H groups in total. The predicted molar refractivity (Wildman–Crippen MR) is 114 cm³/mol. The standard InChI is InChI=1S/C23H23ClF3N3O2/c1-12-2-3-13(6-17(12)24)19(7-20(28)31)29-8-14-10-30(11-15(14)9-29)23(32)16-4-5-18(25)22(27)21(16)26/h2-6,14-15,19H,7-11H2,1H3,(H2,28,31). The molecule has 0 spiro atoms. The summed E-state index contributed by atoms with van der Waals surface area (Å²) in [5, 5.41) is 0.613. The summed E-state index contributed by atoms with van der Waals surface area (Å²) >= 11 is 6.28. The van der Waals surface area contributed by atoms with Gasteiger partial charge in [0.1, 0.15) is 0 Å². The molecule has 2 fully saturated rings. The first-order valence-corrected chi connectivity index (χ1v) is 10.7. The Balaban J connectivity index is 1.48. The second kappa shape index (κ2) is 8.75. The molecule has 0 bridgehead atoms. The third-order valence-corrected chi connectivity index (χ3v) is 6.89. The highest BCUT2D eigenvalue weighted by Gasteiger charge is 2.44. The van der Waals surface area contributed by atoms with E-state index in [0.29, 0.717) is 31.2 Å². The number of carbonyl (C=O) groups excluding carboxylic acids is 2. The molecule has 170 valence electrons. The molecular formula is C23H23ClF3N3O2. The molecule has 0 radical (unpaired) electrons. The number of likely N-dealkylation sites (tertiary alicyclic amines) is 2. The molecule has 2 amide bonds. The van der Waals surface area contributed by atoms with Gasteiger partial charge in [-0.25, -0.2) is 13.2 Å². The third kappa shape index (κ3) is 4.21. The zero-order valence-corrected chi connectivity index (χ0v) is 18.2. The highest BCUT2D eigenvalue weighted by molar-refractivity contribution is 6.31. The Morgan fingerprint density at radius 1 is 1.06 bits per heavy atom. The number of hydrogen-bond donors (Lipinski definition) is 1. The van der Waals surface area contributed by atoms with Gasteiger partial charge in [-0.1, -0.05) is 23.7 Å². The van der Waals surface area contributed by atoms with Crippen LogP contribution in [-0.2, 0) is 4.79 Å². The number of nitrogens with zero attached hydrogens (tertiary/aromatic N) is 2. The van der Waals surface area contributed by atoms with Gasteiger partial charge in [-0.2, -0.15) is 0 Å². The van der Waals surface area contributed by atoms with Crippen molar-refractivity contribution in [3.05, 3.63) is 69.5 Å². The van der Waals surface area contributed by atoms with E-state index < -0.39 is 34.8 Å². The lowest BCUT2D eigenvalue weighted by Crippen LogP contribution is -2.36. The Morgan fingerprint density at radius 3 is 2.31 bits per heavy atom. The first kappa shape index (κ1) is 22.6. The topological polar surface area (TPSA) is 66.6 Å². The average Bonchev–Trinajstić information content (AvgIpc) is 3.31. The monoisotopic (exact) mass is 465 g/mol. The minimum absolute atomic E-state index is 0.114. The van der Waals surface area contributed by atoms with Crippen molar-refractivity contribution in [2.75, 3.05) is 26.2 Å². The molecule has 2 aliphatic heterocycles. The quantitative estimate of drug-likeness (QED) is 0.685. The Labute approximate surface area is 188 Å². The zero-order chi connectivity index (χ0) is 23.2. The van der Waals surface area contributed by atoms with Gasteiger partial charge in [0.15, 0.2) is 17.5 Å². The van der Waals surface area contributed by atoms with Gasteiger partial charge < -0.3 is 10.6 Å². The maximum atomic E-state index is 14.1. The number of aryl methyl sites for hydroxylation is 1. The van der Waals surface area contributed by atoms with E-state index in [0.717, 1.165) is 23.3 Å². The van der Waals surface area contributed by atoms with E-state index >= 15 is 0 Å². The van der Waals surface area contributed by atoms with Crippen LogP contribution in [0.4, 0.5) is 13.2 Å². The lowest BCUT2D eigenvalue weighted by atomic mass is 10.0. The highest BCUT2D eigenvalue weighted by atomic mass is 35.5. The van der Waals surface area contributed by atoms with E-state index in [1.807, 2.05) is 25.1 Å². The van der Waals surface area contributed by atoms with Crippen LogP contribution in [0.15, 0.2) is 30.3 Å². The van der Waals surface area contributed by atoms with Crippen LogP contribution < -0.4 is 5.73 Å². The van der Waals surface area contributed by atoms with Gasteiger partial charge >= 0.3 is 0 Å². The number of fused-ring (bicyclic) bond motifs is 1. The fourth-order valence-electron chi connectivity index (χ4n) is 4.78. The highest BCUT2D eigenvalue weighted by Crippen LogP contribution is 2.38. The van der Waals surface area contributed by atoms with Crippen LogP contribution in [0.5, 0.6) is 0 Å². The summed E-state index contributed by atoms with van der Waals surface area (Å²) in [4.78, 5) is 28.1. The summed E-state index contributed by atoms with van der Waals surface area (Å²) in [6, 6.07) is 7.18. The molecule has 2 aliphatic rings. The molecule has 3 atom stereocenters. The molecule has 4 rings (SSSR count). The maximum absolute atomic E-state index is 14.1. The van der Waals surface area contributed by atoms with Gasteiger partial charge in [0.2, 0.25) is 5.91 Å². The second-order valence-electron chi connectivity index (χ2n) is 8.60. The van der Waals surface area contributed by atoms with E-state index in [9.17, 15) is 22.8 Å². The van der Waals surface area contributed by atoms with E-state index in [4.69, 9.17) is 17.3 Å². The Morgan fingerprint density at radius 2 is 1.72 bits per heavy atom. The largest absolute Gasteiger partial charge is 0.370 e. The Hall–Kier alpha value is -2.58. The van der Waals surface area contributed by atoms with Crippen molar-refractivity contribution in [2.24, 2.45) is 17.6 Å². The van der Waals surface area contributed by atoms with E-state index in [-0.39, 0.29) is 24.3 Å². The number of primary amides is 1.